The summed E-state index contributed by atoms with van der Waals surface area (Å²) in [7, 11) is 0. The van der Waals surface area contributed by atoms with E-state index >= 15 is 0 Å². The van der Waals surface area contributed by atoms with Crippen LogP contribution in [0.2, 0.25) is 0 Å². The van der Waals surface area contributed by atoms with Crippen LogP contribution in [0.3, 0.4) is 0 Å². The van der Waals surface area contributed by atoms with Crippen molar-refractivity contribution in [2.45, 2.75) is 6.92 Å². The van der Waals surface area contributed by atoms with Crippen molar-refractivity contribution >= 4 is 18.4 Å². The molecular weight excluding hydrogens is 232 g/mol. The minimum absolute atomic E-state index is 0.0128. The van der Waals surface area contributed by atoms with E-state index < -0.39 is 0 Å². The van der Waals surface area contributed by atoms with E-state index in [9.17, 15) is 14.7 Å². The van der Waals surface area contributed by atoms with Gasteiger partial charge in [0.25, 0.3) is 5.56 Å². The second-order valence-electron chi connectivity index (χ2n) is 3.66. The zero-order chi connectivity index (χ0) is 13.1. The third-order valence-corrected chi connectivity index (χ3v) is 2.60. The summed E-state index contributed by atoms with van der Waals surface area (Å²) in [5, 5.41) is 13.3. The molecule has 5 nitrogen and oxygen atoms in total. The number of phenolic OH excluding ortho intramolecular Hbond substituents is 1. The Balaban J connectivity index is 2.84. The van der Waals surface area contributed by atoms with Gasteiger partial charge in [-0.25, -0.2) is 4.68 Å². The quantitative estimate of drug-likeness (QED) is 0.709. The Hall–Kier alpha value is -2.56. The van der Waals surface area contributed by atoms with Crippen LogP contribution in [-0.4, -0.2) is 21.2 Å². The number of para-hydroxylation sites is 2. The number of aromatic nitrogens is 2. The minimum Gasteiger partial charge on any atom is -0.506 e. The van der Waals surface area contributed by atoms with Gasteiger partial charge in [-0.1, -0.05) is 18.2 Å². The molecule has 5 heteroatoms. The standard InChI is InChI=1S/C13H12N2O3/c1-2-9-10(7-8-16)14-15(13(9)18)11-5-3-4-6-12(11)17/h2-8,14,17H,1H3/b9-2-,10-7+. The van der Waals surface area contributed by atoms with Gasteiger partial charge in [0.1, 0.15) is 17.7 Å². The highest BCUT2D eigenvalue weighted by molar-refractivity contribution is 5.85. The number of nitrogens with one attached hydrogen (secondary N) is 1. The highest BCUT2D eigenvalue weighted by Crippen LogP contribution is 2.17. The van der Waals surface area contributed by atoms with Crippen molar-refractivity contribution in [1.82, 2.24) is 9.78 Å². The first-order chi connectivity index (χ1) is 8.69. The fourth-order valence-corrected chi connectivity index (χ4v) is 1.76. The Morgan fingerprint density at radius 1 is 1.33 bits per heavy atom. The third kappa shape index (κ3) is 1.86. The number of rotatable bonds is 2. The summed E-state index contributed by atoms with van der Waals surface area (Å²) in [5.41, 5.74) is 0.0308. The predicted octanol–water partition coefficient (Wildman–Crippen LogP) is -0.349. The van der Waals surface area contributed by atoms with Crippen LogP contribution in [0.1, 0.15) is 6.92 Å². The molecule has 0 radical (unpaired) electrons. The molecule has 0 unspecified atom stereocenters. The van der Waals surface area contributed by atoms with E-state index in [0.29, 0.717) is 22.5 Å². The van der Waals surface area contributed by atoms with Crippen LogP contribution in [0.15, 0.2) is 29.1 Å². The van der Waals surface area contributed by atoms with Crippen molar-refractivity contribution in [2.75, 3.05) is 0 Å². The number of aldehydes is 1. The summed E-state index contributed by atoms with van der Waals surface area (Å²) >= 11 is 0. The molecule has 2 N–H and O–H groups in total. The normalized spacial score (nSPS) is 12.9. The molecule has 2 aromatic rings. The van der Waals surface area contributed by atoms with Gasteiger partial charge in [-0.2, -0.15) is 0 Å². The van der Waals surface area contributed by atoms with Gasteiger partial charge >= 0.3 is 0 Å². The predicted molar refractivity (Wildman–Crippen MR) is 68.0 cm³/mol. The summed E-state index contributed by atoms with van der Waals surface area (Å²) in [5.74, 6) is -0.0128. The second-order valence-corrected chi connectivity index (χ2v) is 3.66. The number of nitrogens with zero attached hydrogens (tertiary/aromatic N) is 1. The van der Waals surface area contributed by atoms with Crippen LogP contribution in [-0.2, 0) is 4.79 Å². The van der Waals surface area contributed by atoms with E-state index in [2.05, 4.69) is 5.10 Å². The molecule has 0 aliphatic rings. The molecule has 2 rings (SSSR count). The maximum Gasteiger partial charge on any atom is 0.278 e. The molecule has 18 heavy (non-hydrogen) atoms. The van der Waals surface area contributed by atoms with Gasteiger partial charge in [0.05, 0.1) is 10.6 Å². The summed E-state index contributed by atoms with van der Waals surface area (Å²) in [4.78, 5) is 22.6. The van der Waals surface area contributed by atoms with E-state index in [1.165, 1.54) is 16.8 Å². The van der Waals surface area contributed by atoms with Crippen LogP contribution in [0.25, 0.3) is 17.8 Å². The number of aromatic amines is 1. The van der Waals surface area contributed by atoms with Crippen LogP contribution in [0.4, 0.5) is 0 Å². The van der Waals surface area contributed by atoms with Crippen molar-refractivity contribution < 1.29 is 9.90 Å². The molecule has 0 fully saturated rings. The molecule has 1 heterocycles. The number of carbonyl (C=O) groups excluding carboxylic acids is 1. The average molecular weight is 244 g/mol. The first-order valence-electron chi connectivity index (χ1n) is 5.40. The maximum atomic E-state index is 12.1. The van der Waals surface area contributed by atoms with Crippen LogP contribution in [0, 0.1) is 0 Å². The zero-order valence-corrected chi connectivity index (χ0v) is 9.75. The molecule has 0 atom stereocenters. The van der Waals surface area contributed by atoms with E-state index in [4.69, 9.17) is 0 Å². The molecule has 0 aliphatic heterocycles. The van der Waals surface area contributed by atoms with Gasteiger partial charge in [-0.05, 0) is 19.1 Å². The number of hydrogen-bond donors (Lipinski definition) is 2. The molecule has 0 aliphatic carbocycles. The summed E-state index contributed by atoms with van der Waals surface area (Å²) in [6.45, 7) is 1.71. The van der Waals surface area contributed by atoms with Crippen molar-refractivity contribution in [3.8, 4) is 11.4 Å². The van der Waals surface area contributed by atoms with Crippen molar-refractivity contribution in [2.24, 2.45) is 0 Å². The van der Waals surface area contributed by atoms with E-state index in [1.54, 1.807) is 31.2 Å². The molecule has 0 spiro atoms. The molecule has 1 aromatic carbocycles. The number of H-pyrrole nitrogens is 1. The second kappa shape index (κ2) is 4.75. The Morgan fingerprint density at radius 2 is 2.06 bits per heavy atom. The van der Waals surface area contributed by atoms with Gasteiger partial charge in [-0.3, -0.25) is 14.7 Å². The van der Waals surface area contributed by atoms with E-state index in [0.717, 1.165) is 0 Å². The average Bonchev–Trinajstić information content (AvgIpc) is 2.67. The van der Waals surface area contributed by atoms with Gasteiger partial charge in [-0.15, -0.1) is 0 Å². The summed E-state index contributed by atoms with van der Waals surface area (Å²) in [6, 6.07) is 6.47. The molecule has 1 aromatic heterocycles. The lowest BCUT2D eigenvalue weighted by atomic mass is 10.3. The van der Waals surface area contributed by atoms with Crippen molar-refractivity contribution in [3.63, 3.8) is 0 Å². The molecule has 0 saturated heterocycles. The van der Waals surface area contributed by atoms with Crippen molar-refractivity contribution in [1.29, 1.82) is 0 Å². The Labute approximate surface area is 102 Å². The highest BCUT2D eigenvalue weighted by Gasteiger charge is 2.07. The lowest BCUT2D eigenvalue weighted by molar-refractivity contribution is -0.103. The SMILES string of the molecule is C/C=c1\c(=O)n(-c2ccccc2O)[nH]\c1=C\C=O. The van der Waals surface area contributed by atoms with Crippen LogP contribution < -0.4 is 16.1 Å². The fourth-order valence-electron chi connectivity index (χ4n) is 1.76. The molecular formula is C13H12N2O3. The number of benzene rings is 1. The maximum absolute atomic E-state index is 12.1. The fraction of sp³-hybridized carbons (Fsp3) is 0.0769. The van der Waals surface area contributed by atoms with Gasteiger partial charge in [0.15, 0.2) is 0 Å². The molecule has 0 bridgehead atoms. The van der Waals surface area contributed by atoms with Gasteiger partial charge < -0.3 is 5.11 Å². The molecule has 0 saturated carbocycles. The first kappa shape index (κ1) is 11.9. The van der Waals surface area contributed by atoms with Crippen LogP contribution in [0.5, 0.6) is 5.75 Å². The number of phenols is 1. The van der Waals surface area contributed by atoms with Gasteiger partial charge in [0, 0.05) is 6.08 Å². The Morgan fingerprint density at radius 3 is 2.67 bits per heavy atom. The third-order valence-electron chi connectivity index (χ3n) is 2.60. The van der Waals surface area contributed by atoms with E-state index in [1.807, 2.05) is 0 Å². The van der Waals surface area contributed by atoms with Crippen molar-refractivity contribution in [3.05, 3.63) is 45.2 Å². The summed E-state index contributed by atoms with van der Waals surface area (Å²) < 4.78 is 1.21. The van der Waals surface area contributed by atoms with Gasteiger partial charge in [0.2, 0.25) is 0 Å². The lowest BCUT2D eigenvalue weighted by Crippen LogP contribution is -2.34. The largest absolute Gasteiger partial charge is 0.506 e. The number of carbonyl (C=O) groups is 1. The topological polar surface area (TPSA) is 75.1 Å². The van der Waals surface area contributed by atoms with E-state index in [-0.39, 0.29) is 11.3 Å². The Kier molecular flexibility index (Phi) is 3.14. The monoisotopic (exact) mass is 244 g/mol. The molecule has 0 amide bonds. The summed E-state index contributed by atoms with van der Waals surface area (Å²) in [6.07, 6.45) is 3.49. The highest BCUT2D eigenvalue weighted by atomic mass is 16.3. The first-order valence-corrected chi connectivity index (χ1v) is 5.40. The molecule has 92 valence electrons. The minimum atomic E-state index is -0.313. The Bertz CT molecular complexity index is 753. The number of hydrogen-bond acceptors (Lipinski definition) is 3. The zero-order valence-electron chi connectivity index (χ0n) is 9.75. The lowest BCUT2D eigenvalue weighted by Gasteiger charge is -2.02. The number of aromatic hydroxyl groups is 1. The smallest absolute Gasteiger partial charge is 0.278 e. The van der Waals surface area contributed by atoms with Crippen LogP contribution >= 0.6 is 0 Å².